The van der Waals surface area contributed by atoms with E-state index < -0.39 is 0 Å². The van der Waals surface area contributed by atoms with Crippen molar-refractivity contribution < 1.29 is 9.18 Å². The van der Waals surface area contributed by atoms with Crippen molar-refractivity contribution in [3.05, 3.63) is 41.7 Å². The molecule has 1 aromatic rings. The van der Waals surface area contributed by atoms with Gasteiger partial charge in [-0.3, -0.25) is 4.79 Å². The maximum Gasteiger partial charge on any atom is 0.246 e. The molecule has 3 nitrogen and oxygen atoms in total. The van der Waals surface area contributed by atoms with Crippen LogP contribution in [0.2, 0.25) is 0 Å². The van der Waals surface area contributed by atoms with Crippen molar-refractivity contribution in [2.45, 2.75) is 27.7 Å². The van der Waals surface area contributed by atoms with Crippen LogP contribution < -0.4 is 0 Å². The fourth-order valence-electron chi connectivity index (χ4n) is 2.42. The van der Waals surface area contributed by atoms with E-state index in [1.54, 1.807) is 24.3 Å². The zero-order valence-corrected chi connectivity index (χ0v) is 14.8. The zero-order chi connectivity index (χ0) is 17.2. The van der Waals surface area contributed by atoms with E-state index in [1.807, 2.05) is 4.90 Å². The van der Waals surface area contributed by atoms with Gasteiger partial charge in [-0.05, 0) is 42.8 Å². The Morgan fingerprint density at radius 2 is 1.91 bits per heavy atom. The monoisotopic (exact) mass is 320 g/mol. The summed E-state index contributed by atoms with van der Waals surface area (Å²) in [6.45, 7) is 12.8. The quantitative estimate of drug-likeness (QED) is 0.648. The van der Waals surface area contributed by atoms with Gasteiger partial charge in [0, 0.05) is 25.7 Å². The molecule has 0 aliphatic heterocycles. The van der Waals surface area contributed by atoms with E-state index in [-0.39, 0.29) is 11.7 Å². The number of amides is 1. The molecule has 4 heteroatoms. The molecular weight excluding hydrogens is 291 g/mol. The minimum absolute atomic E-state index is 0.0184. The second-order valence-electron chi connectivity index (χ2n) is 6.09. The van der Waals surface area contributed by atoms with E-state index in [9.17, 15) is 9.18 Å². The largest absolute Gasteiger partial charge is 0.338 e. The SMILES string of the molecule is CCN(CC)CCN(CC(C)C)C(=O)/C=C/c1cccc(F)c1. The lowest BCUT2D eigenvalue weighted by Crippen LogP contribution is -2.39. The first-order valence-corrected chi connectivity index (χ1v) is 8.41. The molecule has 0 aromatic heterocycles. The van der Waals surface area contributed by atoms with Gasteiger partial charge in [-0.1, -0.05) is 39.8 Å². The Labute approximate surface area is 139 Å². The molecule has 128 valence electrons. The van der Waals surface area contributed by atoms with Gasteiger partial charge >= 0.3 is 0 Å². The molecule has 0 saturated heterocycles. The maximum atomic E-state index is 13.2. The number of nitrogens with zero attached hydrogens (tertiary/aromatic N) is 2. The highest BCUT2D eigenvalue weighted by Gasteiger charge is 2.13. The summed E-state index contributed by atoms with van der Waals surface area (Å²) in [5.41, 5.74) is 0.701. The number of rotatable bonds is 9. The number of carbonyl (C=O) groups excluding carboxylic acids is 1. The van der Waals surface area contributed by atoms with Crippen molar-refractivity contribution in [3.63, 3.8) is 0 Å². The summed E-state index contributed by atoms with van der Waals surface area (Å²) in [7, 11) is 0. The van der Waals surface area contributed by atoms with Gasteiger partial charge in [-0.25, -0.2) is 4.39 Å². The molecule has 0 fully saturated rings. The topological polar surface area (TPSA) is 23.6 Å². The van der Waals surface area contributed by atoms with Gasteiger partial charge in [0.05, 0.1) is 0 Å². The summed E-state index contributed by atoms with van der Waals surface area (Å²) < 4.78 is 13.2. The van der Waals surface area contributed by atoms with E-state index in [2.05, 4.69) is 32.6 Å². The third-order valence-corrected chi connectivity index (χ3v) is 3.74. The number of hydrogen-bond acceptors (Lipinski definition) is 2. The highest BCUT2D eigenvalue weighted by molar-refractivity contribution is 5.91. The number of benzene rings is 1. The average Bonchev–Trinajstić information content (AvgIpc) is 2.52. The van der Waals surface area contributed by atoms with Crippen LogP contribution in [0.5, 0.6) is 0 Å². The van der Waals surface area contributed by atoms with Gasteiger partial charge < -0.3 is 9.80 Å². The van der Waals surface area contributed by atoms with Gasteiger partial charge in [0.1, 0.15) is 5.82 Å². The highest BCUT2D eigenvalue weighted by Crippen LogP contribution is 2.07. The lowest BCUT2D eigenvalue weighted by Gasteiger charge is -2.27. The van der Waals surface area contributed by atoms with Crippen molar-refractivity contribution in [2.24, 2.45) is 5.92 Å². The second kappa shape index (κ2) is 10.2. The lowest BCUT2D eigenvalue weighted by atomic mass is 10.2. The van der Waals surface area contributed by atoms with Crippen LogP contribution >= 0.6 is 0 Å². The minimum atomic E-state index is -0.292. The van der Waals surface area contributed by atoms with Gasteiger partial charge in [-0.2, -0.15) is 0 Å². The third-order valence-electron chi connectivity index (χ3n) is 3.74. The summed E-state index contributed by atoms with van der Waals surface area (Å²) in [5, 5.41) is 0. The summed E-state index contributed by atoms with van der Waals surface area (Å²) in [4.78, 5) is 16.6. The predicted octanol–water partition coefficient (Wildman–Crippen LogP) is 3.67. The Morgan fingerprint density at radius 1 is 1.22 bits per heavy atom. The molecule has 23 heavy (non-hydrogen) atoms. The molecule has 0 saturated carbocycles. The van der Waals surface area contributed by atoms with Crippen LogP contribution in [0.3, 0.4) is 0 Å². The van der Waals surface area contributed by atoms with E-state index in [4.69, 9.17) is 0 Å². The molecule has 0 unspecified atom stereocenters. The van der Waals surface area contributed by atoms with Crippen LogP contribution in [-0.4, -0.2) is 48.4 Å². The fourth-order valence-corrected chi connectivity index (χ4v) is 2.42. The molecule has 0 atom stereocenters. The van der Waals surface area contributed by atoms with Crippen LogP contribution in [0.15, 0.2) is 30.3 Å². The second-order valence-corrected chi connectivity index (χ2v) is 6.09. The lowest BCUT2D eigenvalue weighted by molar-refractivity contribution is -0.126. The van der Waals surface area contributed by atoms with Gasteiger partial charge in [0.2, 0.25) is 5.91 Å². The molecule has 1 amide bonds. The Kier molecular flexibility index (Phi) is 8.56. The Bertz CT molecular complexity index is 510. The number of halogens is 1. The molecular formula is C19H29FN2O. The van der Waals surface area contributed by atoms with Crippen LogP contribution in [-0.2, 0) is 4.79 Å². The third kappa shape index (κ3) is 7.42. The maximum absolute atomic E-state index is 13.2. The highest BCUT2D eigenvalue weighted by atomic mass is 19.1. The van der Waals surface area contributed by atoms with Crippen LogP contribution in [0.1, 0.15) is 33.3 Å². The molecule has 0 aliphatic rings. The van der Waals surface area contributed by atoms with Gasteiger partial charge in [0.15, 0.2) is 0 Å². The van der Waals surface area contributed by atoms with E-state index in [0.717, 1.165) is 26.2 Å². The van der Waals surface area contributed by atoms with Gasteiger partial charge in [0.25, 0.3) is 0 Å². The van der Waals surface area contributed by atoms with Crippen LogP contribution in [0.25, 0.3) is 6.08 Å². The molecule has 0 bridgehead atoms. The number of carbonyl (C=O) groups is 1. The fraction of sp³-hybridized carbons (Fsp3) is 0.526. The van der Waals surface area contributed by atoms with Crippen LogP contribution in [0.4, 0.5) is 4.39 Å². The Morgan fingerprint density at radius 3 is 2.48 bits per heavy atom. The van der Waals surface area contributed by atoms with Crippen molar-refractivity contribution in [1.82, 2.24) is 9.80 Å². The minimum Gasteiger partial charge on any atom is -0.338 e. The summed E-state index contributed by atoms with van der Waals surface area (Å²) in [6.07, 6.45) is 3.22. The normalized spacial score (nSPS) is 11.6. The van der Waals surface area contributed by atoms with Crippen molar-refractivity contribution in [2.75, 3.05) is 32.7 Å². The summed E-state index contributed by atoms with van der Waals surface area (Å²) in [6, 6.07) is 6.25. The van der Waals surface area contributed by atoms with E-state index in [0.29, 0.717) is 18.0 Å². The molecule has 0 spiro atoms. The first-order chi connectivity index (χ1) is 11.0. The van der Waals surface area contributed by atoms with Crippen molar-refractivity contribution >= 4 is 12.0 Å². The Balaban J connectivity index is 2.70. The van der Waals surface area contributed by atoms with Crippen molar-refractivity contribution in [1.29, 1.82) is 0 Å². The van der Waals surface area contributed by atoms with Gasteiger partial charge in [-0.15, -0.1) is 0 Å². The standard InChI is InChI=1S/C19H29FN2O/c1-5-21(6-2)12-13-22(15-16(3)4)19(23)11-10-17-8-7-9-18(20)14-17/h7-11,14,16H,5-6,12-13,15H2,1-4H3/b11-10+. The average molecular weight is 320 g/mol. The van der Waals surface area contributed by atoms with Crippen LogP contribution in [0, 0.1) is 11.7 Å². The summed E-state index contributed by atoms with van der Waals surface area (Å²) >= 11 is 0. The molecule has 0 heterocycles. The smallest absolute Gasteiger partial charge is 0.246 e. The molecule has 1 rings (SSSR count). The predicted molar refractivity (Wildman–Crippen MR) is 94.6 cm³/mol. The Hall–Kier alpha value is -1.68. The molecule has 0 aliphatic carbocycles. The first-order valence-electron chi connectivity index (χ1n) is 8.41. The van der Waals surface area contributed by atoms with Crippen molar-refractivity contribution in [3.8, 4) is 0 Å². The molecule has 0 N–H and O–H groups in total. The first kappa shape index (κ1) is 19.4. The number of likely N-dealkylation sites (N-methyl/N-ethyl adjacent to an activating group) is 1. The zero-order valence-electron chi connectivity index (χ0n) is 14.8. The van der Waals surface area contributed by atoms with E-state index >= 15 is 0 Å². The van der Waals surface area contributed by atoms with E-state index in [1.165, 1.54) is 12.1 Å². The summed E-state index contributed by atoms with van der Waals surface area (Å²) in [5.74, 6) is 0.105. The molecule has 1 aromatic carbocycles. The number of hydrogen-bond donors (Lipinski definition) is 0. The molecule has 0 radical (unpaired) electrons.